The SMILES string of the molecule is CC/C=C(\c1ccccc1)[Si](OCC)(OCC)OCC. The highest BCUT2D eigenvalue weighted by molar-refractivity contribution is 6.81. The van der Waals surface area contributed by atoms with Crippen LogP contribution in [-0.2, 0) is 13.3 Å². The molecule has 0 aliphatic rings. The molecule has 0 heterocycles. The fourth-order valence-electron chi connectivity index (χ4n) is 2.17. The summed E-state index contributed by atoms with van der Waals surface area (Å²) >= 11 is 0. The molecule has 0 N–H and O–H groups in total. The standard InChI is InChI=1S/C16H26O3Si/c1-5-12-16(15-13-10-9-11-14-15)20(17-6-2,18-7-3)19-8-4/h9-14H,5-8H2,1-4H3/b16-12+. The molecule has 0 bridgehead atoms. The summed E-state index contributed by atoms with van der Waals surface area (Å²) in [6, 6.07) is 10.2. The zero-order chi connectivity index (χ0) is 14.8. The minimum Gasteiger partial charge on any atom is -0.370 e. The zero-order valence-corrected chi connectivity index (χ0v) is 14.0. The van der Waals surface area contributed by atoms with E-state index < -0.39 is 8.80 Å². The number of allylic oxidation sites excluding steroid dienone is 1. The van der Waals surface area contributed by atoms with E-state index in [2.05, 4.69) is 25.1 Å². The van der Waals surface area contributed by atoms with Gasteiger partial charge in [-0.2, -0.15) is 0 Å². The van der Waals surface area contributed by atoms with Crippen LogP contribution >= 0.6 is 0 Å². The molecule has 1 aromatic carbocycles. The molecule has 0 spiro atoms. The number of benzene rings is 1. The lowest BCUT2D eigenvalue weighted by atomic mass is 10.2. The summed E-state index contributed by atoms with van der Waals surface area (Å²) < 4.78 is 18.0. The van der Waals surface area contributed by atoms with E-state index in [1.165, 1.54) is 0 Å². The minimum absolute atomic E-state index is 0.583. The van der Waals surface area contributed by atoms with Gasteiger partial charge in [0.1, 0.15) is 0 Å². The van der Waals surface area contributed by atoms with Crippen molar-refractivity contribution in [2.45, 2.75) is 34.1 Å². The Balaban J connectivity index is 3.26. The lowest BCUT2D eigenvalue weighted by molar-refractivity contribution is 0.0871. The Kier molecular flexibility index (Phi) is 7.77. The summed E-state index contributed by atoms with van der Waals surface area (Å²) in [6.45, 7) is 9.81. The molecule has 112 valence electrons. The van der Waals surface area contributed by atoms with Gasteiger partial charge in [0.2, 0.25) is 0 Å². The number of hydrogen-bond acceptors (Lipinski definition) is 3. The van der Waals surface area contributed by atoms with Crippen LogP contribution in [0.1, 0.15) is 39.7 Å². The van der Waals surface area contributed by atoms with Crippen LogP contribution in [0.4, 0.5) is 0 Å². The van der Waals surface area contributed by atoms with Crippen molar-refractivity contribution >= 4 is 14.0 Å². The van der Waals surface area contributed by atoms with Gasteiger partial charge in [-0.3, -0.25) is 0 Å². The first-order valence-corrected chi connectivity index (χ1v) is 9.14. The monoisotopic (exact) mass is 294 g/mol. The van der Waals surface area contributed by atoms with Crippen LogP contribution in [0, 0.1) is 0 Å². The molecular weight excluding hydrogens is 268 g/mol. The molecule has 0 unspecified atom stereocenters. The van der Waals surface area contributed by atoms with Crippen molar-refractivity contribution in [3.05, 3.63) is 42.0 Å². The van der Waals surface area contributed by atoms with Gasteiger partial charge in [-0.1, -0.05) is 43.3 Å². The minimum atomic E-state index is -2.83. The molecule has 0 aliphatic carbocycles. The van der Waals surface area contributed by atoms with Gasteiger partial charge in [0.05, 0.1) is 0 Å². The Morgan fingerprint density at radius 1 is 0.900 bits per heavy atom. The average Bonchev–Trinajstić information content (AvgIpc) is 2.46. The Labute approximate surface area is 123 Å². The summed E-state index contributed by atoms with van der Waals surface area (Å²) in [7, 11) is -2.83. The molecule has 0 aliphatic heterocycles. The number of hydrogen-bond donors (Lipinski definition) is 0. The Morgan fingerprint density at radius 3 is 1.80 bits per heavy atom. The van der Waals surface area contributed by atoms with Crippen LogP contribution in [0.3, 0.4) is 0 Å². The molecule has 3 nitrogen and oxygen atoms in total. The van der Waals surface area contributed by atoms with E-state index in [0.717, 1.165) is 17.2 Å². The maximum atomic E-state index is 6.01. The molecule has 0 amide bonds. The van der Waals surface area contributed by atoms with Crippen LogP contribution in [0.15, 0.2) is 36.4 Å². The fourth-order valence-corrected chi connectivity index (χ4v) is 5.00. The summed E-state index contributed by atoms with van der Waals surface area (Å²) in [6.07, 6.45) is 3.09. The predicted octanol–water partition coefficient (Wildman–Crippen LogP) is 4.07. The van der Waals surface area contributed by atoms with Gasteiger partial charge < -0.3 is 13.3 Å². The summed E-state index contributed by atoms with van der Waals surface area (Å²) in [5.74, 6) is 0. The van der Waals surface area contributed by atoms with E-state index in [1.807, 2.05) is 39.0 Å². The van der Waals surface area contributed by atoms with Crippen LogP contribution in [-0.4, -0.2) is 28.6 Å². The van der Waals surface area contributed by atoms with Gasteiger partial charge in [0.25, 0.3) is 0 Å². The Hall–Kier alpha value is -0.943. The molecule has 0 radical (unpaired) electrons. The second-order valence-corrected chi connectivity index (χ2v) is 6.76. The third-order valence-electron chi connectivity index (χ3n) is 2.83. The summed E-state index contributed by atoms with van der Waals surface area (Å²) in [5.41, 5.74) is 1.12. The first-order valence-electron chi connectivity index (χ1n) is 7.41. The molecule has 0 saturated carbocycles. The fraction of sp³-hybridized carbons (Fsp3) is 0.500. The van der Waals surface area contributed by atoms with Crippen LogP contribution in [0.2, 0.25) is 0 Å². The molecule has 4 heteroatoms. The highest BCUT2D eigenvalue weighted by Gasteiger charge is 2.45. The van der Waals surface area contributed by atoms with E-state index in [1.54, 1.807) is 0 Å². The highest BCUT2D eigenvalue weighted by atomic mass is 28.4. The van der Waals surface area contributed by atoms with Crippen molar-refractivity contribution in [1.29, 1.82) is 0 Å². The smallest absolute Gasteiger partial charge is 0.370 e. The van der Waals surface area contributed by atoms with Crippen molar-refractivity contribution in [2.24, 2.45) is 0 Å². The van der Waals surface area contributed by atoms with Gasteiger partial charge >= 0.3 is 8.80 Å². The molecular formula is C16H26O3Si. The third-order valence-corrected chi connectivity index (χ3v) is 5.98. The van der Waals surface area contributed by atoms with Crippen molar-refractivity contribution < 1.29 is 13.3 Å². The lowest BCUT2D eigenvalue weighted by Gasteiger charge is -2.31. The average molecular weight is 294 g/mol. The second-order valence-electron chi connectivity index (χ2n) is 4.25. The maximum absolute atomic E-state index is 6.01. The molecule has 0 fully saturated rings. The van der Waals surface area contributed by atoms with E-state index in [-0.39, 0.29) is 0 Å². The van der Waals surface area contributed by atoms with Crippen LogP contribution in [0.5, 0.6) is 0 Å². The lowest BCUT2D eigenvalue weighted by Crippen LogP contribution is -2.47. The van der Waals surface area contributed by atoms with Crippen molar-refractivity contribution in [3.8, 4) is 0 Å². The van der Waals surface area contributed by atoms with Gasteiger partial charge in [-0.15, -0.1) is 0 Å². The van der Waals surface area contributed by atoms with E-state index in [4.69, 9.17) is 13.3 Å². The van der Waals surface area contributed by atoms with E-state index in [0.29, 0.717) is 19.8 Å². The largest absolute Gasteiger partial charge is 0.537 e. The zero-order valence-electron chi connectivity index (χ0n) is 13.0. The van der Waals surface area contributed by atoms with E-state index in [9.17, 15) is 0 Å². The van der Waals surface area contributed by atoms with E-state index >= 15 is 0 Å². The van der Waals surface area contributed by atoms with Gasteiger partial charge in [-0.25, -0.2) is 0 Å². The van der Waals surface area contributed by atoms with Crippen molar-refractivity contribution in [1.82, 2.24) is 0 Å². The molecule has 0 atom stereocenters. The van der Waals surface area contributed by atoms with Gasteiger partial charge in [0.15, 0.2) is 0 Å². The maximum Gasteiger partial charge on any atom is 0.537 e. The normalized spacial score (nSPS) is 12.7. The summed E-state index contributed by atoms with van der Waals surface area (Å²) in [5, 5.41) is 1.08. The first kappa shape index (κ1) is 17.1. The van der Waals surface area contributed by atoms with Gasteiger partial charge in [-0.05, 0) is 32.8 Å². The number of rotatable bonds is 9. The first-order chi connectivity index (χ1) is 9.74. The van der Waals surface area contributed by atoms with Crippen molar-refractivity contribution in [2.75, 3.05) is 19.8 Å². The van der Waals surface area contributed by atoms with Gasteiger partial charge in [0, 0.05) is 25.0 Å². The highest BCUT2D eigenvalue weighted by Crippen LogP contribution is 2.29. The van der Waals surface area contributed by atoms with Crippen LogP contribution < -0.4 is 0 Å². The molecule has 1 aromatic rings. The topological polar surface area (TPSA) is 27.7 Å². The van der Waals surface area contributed by atoms with Crippen LogP contribution in [0.25, 0.3) is 5.20 Å². The molecule has 0 saturated heterocycles. The predicted molar refractivity (Wildman–Crippen MR) is 85.3 cm³/mol. The molecule has 20 heavy (non-hydrogen) atoms. The molecule has 0 aromatic heterocycles. The third kappa shape index (κ3) is 4.28. The summed E-state index contributed by atoms with van der Waals surface area (Å²) in [4.78, 5) is 0. The quantitative estimate of drug-likeness (QED) is 0.643. The Morgan fingerprint density at radius 2 is 1.40 bits per heavy atom. The van der Waals surface area contributed by atoms with Crippen molar-refractivity contribution in [3.63, 3.8) is 0 Å². The molecule has 1 rings (SSSR count). The second kappa shape index (κ2) is 9.08. The Bertz CT molecular complexity index is 386.